The van der Waals surface area contributed by atoms with E-state index in [1.807, 2.05) is 12.1 Å². The van der Waals surface area contributed by atoms with Gasteiger partial charge in [-0.2, -0.15) is 0 Å². The second kappa shape index (κ2) is 5.43. The van der Waals surface area contributed by atoms with Crippen molar-refractivity contribution in [2.75, 3.05) is 14.2 Å². The van der Waals surface area contributed by atoms with E-state index in [2.05, 4.69) is 60.3 Å². The zero-order chi connectivity index (χ0) is 16.0. The number of hydrogen-bond donors (Lipinski definition) is 1. The predicted octanol–water partition coefficient (Wildman–Crippen LogP) is 4.14. The highest BCUT2D eigenvalue weighted by molar-refractivity contribution is 5.85. The minimum Gasteiger partial charge on any atom is -0.496 e. The third-order valence-corrected chi connectivity index (χ3v) is 5.16. The highest BCUT2D eigenvalue weighted by Gasteiger charge is 2.34. The monoisotopic (exact) mass is 306 g/mol. The second-order valence-corrected chi connectivity index (χ2v) is 6.43. The summed E-state index contributed by atoms with van der Waals surface area (Å²) in [5.41, 5.74) is 5.19. The van der Waals surface area contributed by atoms with Gasteiger partial charge < -0.3 is 9.72 Å². The SMILES string of the molecule is COc1ccccc1C1c2[nH]c3ccccc3c2CC(C)N1C. The Bertz CT molecular complexity index is 852. The molecule has 3 aromatic rings. The molecule has 2 aromatic carbocycles. The van der Waals surface area contributed by atoms with Crippen molar-refractivity contribution in [2.24, 2.45) is 0 Å². The van der Waals surface area contributed by atoms with Crippen LogP contribution >= 0.6 is 0 Å². The first-order valence-corrected chi connectivity index (χ1v) is 8.15. The Morgan fingerprint density at radius 2 is 1.83 bits per heavy atom. The second-order valence-electron chi connectivity index (χ2n) is 6.43. The Kier molecular flexibility index (Phi) is 3.38. The molecule has 3 nitrogen and oxygen atoms in total. The van der Waals surface area contributed by atoms with Gasteiger partial charge in [0.15, 0.2) is 0 Å². The van der Waals surface area contributed by atoms with Gasteiger partial charge in [-0.25, -0.2) is 0 Å². The van der Waals surface area contributed by atoms with Crippen LogP contribution in [0.3, 0.4) is 0 Å². The van der Waals surface area contributed by atoms with Crippen LogP contribution in [0.2, 0.25) is 0 Å². The molecule has 0 saturated carbocycles. The van der Waals surface area contributed by atoms with E-state index < -0.39 is 0 Å². The van der Waals surface area contributed by atoms with E-state index in [9.17, 15) is 0 Å². The summed E-state index contributed by atoms with van der Waals surface area (Å²) in [4.78, 5) is 6.11. The number of H-pyrrole nitrogens is 1. The maximum absolute atomic E-state index is 5.63. The highest BCUT2D eigenvalue weighted by Crippen LogP contribution is 2.42. The van der Waals surface area contributed by atoms with E-state index in [1.54, 1.807) is 7.11 Å². The van der Waals surface area contributed by atoms with Gasteiger partial charge in [-0.15, -0.1) is 0 Å². The van der Waals surface area contributed by atoms with Crippen molar-refractivity contribution in [2.45, 2.75) is 25.4 Å². The summed E-state index contributed by atoms with van der Waals surface area (Å²) in [5.74, 6) is 0.947. The van der Waals surface area contributed by atoms with Gasteiger partial charge in [-0.3, -0.25) is 4.90 Å². The summed E-state index contributed by atoms with van der Waals surface area (Å²) in [5, 5.41) is 1.35. The van der Waals surface area contributed by atoms with Crippen LogP contribution in [-0.2, 0) is 6.42 Å². The van der Waals surface area contributed by atoms with Gasteiger partial charge in [0.05, 0.1) is 13.2 Å². The fourth-order valence-electron chi connectivity index (χ4n) is 3.84. The first kappa shape index (κ1) is 14.3. The molecule has 1 aliphatic rings. The number of fused-ring (bicyclic) bond motifs is 3. The average Bonchev–Trinajstić information content (AvgIpc) is 2.94. The van der Waals surface area contributed by atoms with Crippen LogP contribution in [0, 0.1) is 0 Å². The number of para-hydroxylation sites is 2. The van der Waals surface area contributed by atoms with E-state index in [1.165, 1.54) is 27.7 Å². The van der Waals surface area contributed by atoms with Gasteiger partial charge in [-0.05, 0) is 38.1 Å². The fraction of sp³-hybridized carbons (Fsp3) is 0.300. The van der Waals surface area contributed by atoms with Crippen LogP contribution in [0.1, 0.15) is 29.8 Å². The molecule has 3 heteroatoms. The molecule has 1 aromatic heterocycles. The lowest BCUT2D eigenvalue weighted by Gasteiger charge is -2.38. The van der Waals surface area contributed by atoms with Gasteiger partial charge in [0, 0.05) is 28.2 Å². The lowest BCUT2D eigenvalue weighted by molar-refractivity contribution is 0.188. The van der Waals surface area contributed by atoms with Crippen molar-refractivity contribution in [3.8, 4) is 5.75 Å². The first-order valence-electron chi connectivity index (χ1n) is 8.15. The van der Waals surface area contributed by atoms with Crippen molar-refractivity contribution in [1.29, 1.82) is 0 Å². The summed E-state index contributed by atoms with van der Waals surface area (Å²) in [7, 11) is 3.95. The number of hydrogen-bond acceptors (Lipinski definition) is 2. The van der Waals surface area contributed by atoms with Crippen molar-refractivity contribution < 1.29 is 4.74 Å². The maximum Gasteiger partial charge on any atom is 0.124 e. The molecule has 2 unspecified atom stereocenters. The van der Waals surface area contributed by atoms with E-state index in [-0.39, 0.29) is 6.04 Å². The van der Waals surface area contributed by atoms with E-state index in [0.29, 0.717) is 6.04 Å². The Balaban J connectivity index is 1.96. The summed E-state index contributed by atoms with van der Waals surface area (Å²) >= 11 is 0. The molecule has 1 aliphatic heterocycles. The number of benzene rings is 2. The van der Waals surface area contributed by atoms with Crippen LogP contribution in [0.15, 0.2) is 48.5 Å². The number of aromatic nitrogens is 1. The summed E-state index contributed by atoms with van der Waals surface area (Å²) in [6.45, 7) is 2.30. The predicted molar refractivity (Wildman–Crippen MR) is 94.1 cm³/mol. The summed E-state index contributed by atoms with van der Waals surface area (Å²) < 4.78 is 5.63. The molecule has 0 bridgehead atoms. The molecule has 0 fully saturated rings. The maximum atomic E-state index is 5.63. The van der Waals surface area contributed by atoms with Crippen molar-refractivity contribution in [1.82, 2.24) is 9.88 Å². The average molecular weight is 306 g/mol. The van der Waals surface area contributed by atoms with Gasteiger partial charge in [0.2, 0.25) is 0 Å². The van der Waals surface area contributed by atoms with Gasteiger partial charge in [0.1, 0.15) is 5.75 Å². The molecule has 23 heavy (non-hydrogen) atoms. The lowest BCUT2D eigenvalue weighted by Crippen LogP contribution is -2.39. The van der Waals surface area contributed by atoms with Crippen LogP contribution < -0.4 is 4.74 Å². The number of aromatic amines is 1. The molecule has 0 aliphatic carbocycles. The zero-order valence-corrected chi connectivity index (χ0v) is 13.8. The molecular formula is C20H22N2O. The Labute approximate surface area is 136 Å². The van der Waals surface area contributed by atoms with Crippen molar-refractivity contribution in [3.05, 3.63) is 65.4 Å². The van der Waals surface area contributed by atoms with Crippen LogP contribution in [0.4, 0.5) is 0 Å². The molecule has 1 N–H and O–H groups in total. The molecule has 4 rings (SSSR count). The Morgan fingerprint density at radius 3 is 2.65 bits per heavy atom. The molecular weight excluding hydrogens is 284 g/mol. The van der Waals surface area contributed by atoms with Crippen LogP contribution in [-0.4, -0.2) is 30.1 Å². The van der Waals surface area contributed by atoms with Gasteiger partial charge in [0.25, 0.3) is 0 Å². The molecule has 2 atom stereocenters. The number of nitrogens with zero attached hydrogens (tertiary/aromatic N) is 1. The largest absolute Gasteiger partial charge is 0.496 e. The molecule has 0 amide bonds. The minimum absolute atomic E-state index is 0.192. The fourth-order valence-corrected chi connectivity index (χ4v) is 3.84. The van der Waals surface area contributed by atoms with Gasteiger partial charge in [-0.1, -0.05) is 36.4 Å². The number of nitrogens with one attached hydrogen (secondary N) is 1. The summed E-state index contributed by atoms with van der Waals surface area (Å²) in [6, 6.07) is 17.6. The first-order chi connectivity index (χ1) is 11.2. The number of likely N-dealkylation sites (N-methyl/N-ethyl adjacent to an activating group) is 1. The minimum atomic E-state index is 0.192. The molecule has 0 spiro atoms. The highest BCUT2D eigenvalue weighted by atomic mass is 16.5. The van der Waals surface area contributed by atoms with Gasteiger partial charge >= 0.3 is 0 Å². The third kappa shape index (κ3) is 2.15. The van der Waals surface area contributed by atoms with Crippen molar-refractivity contribution in [3.63, 3.8) is 0 Å². The number of ether oxygens (including phenoxy) is 1. The smallest absolute Gasteiger partial charge is 0.124 e. The third-order valence-electron chi connectivity index (χ3n) is 5.16. The quantitative estimate of drug-likeness (QED) is 0.770. The molecule has 2 heterocycles. The van der Waals surface area contributed by atoms with Crippen LogP contribution in [0.5, 0.6) is 5.75 Å². The Morgan fingerprint density at radius 1 is 1.09 bits per heavy atom. The standard InChI is InChI=1S/C20H22N2O/c1-13-12-16-14-8-4-6-10-17(14)21-19(16)20(22(13)2)15-9-5-7-11-18(15)23-3/h4-11,13,20-21H,12H2,1-3H3. The lowest BCUT2D eigenvalue weighted by atomic mass is 9.89. The van der Waals surface area contributed by atoms with Crippen LogP contribution in [0.25, 0.3) is 10.9 Å². The number of methoxy groups -OCH3 is 1. The Hall–Kier alpha value is -2.26. The topological polar surface area (TPSA) is 28.3 Å². The van der Waals surface area contributed by atoms with E-state index in [0.717, 1.165) is 12.2 Å². The molecule has 118 valence electrons. The molecule has 0 saturated heterocycles. The molecule has 0 radical (unpaired) electrons. The zero-order valence-electron chi connectivity index (χ0n) is 13.8. The van der Waals surface area contributed by atoms with E-state index in [4.69, 9.17) is 4.74 Å². The van der Waals surface area contributed by atoms with E-state index >= 15 is 0 Å². The van der Waals surface area contributed by atoms with Crippen molar-refractivity contribution >= 4 is 10.9 Å². The summed E-state index contributed by atoms with van der Waals surface area (Å²) in [6.07, 6.45) is 1.07. The number of rotatable bonds is 2. The normalized spacial score (nSPS) is 21.3.